The molecule has 1 fully saturated rings. The monoisotopic (exact) mass is 202 g/mol. The highest BCUT2D eigenvalue weighted by Crippen LogP contribution is 2.22. The molecule has 0 spiro atoms. The van der Waals surface area contributed by atoms with E-state index in [9.17, 15) is 0 Å². The van der Waals surface area contributed by atoms with Gasteiger partial charge in [0.1, 0.15) is 0 Å². The molecule has 1 aliphatic heterocycles. The van der Waals surface area contributed by atoms with Crippen molar-refractivity contribution in [3.63, 3.8) is 0 Å². The first-order valence-electron chi connectivity index (χ1n) is 5.42. The van der Waals surface area contributed by atoms with Crippen LogP contribution < -0.4 is 10.6 Å². The molecule has 1 saturated heterocycles. The maximum Gasteiger partial charge on any atom is -0.00123 e. The van der Waals surface area contributed by atoms with Gasteiger partial charge in [-0.15, -0.1) is 0 Å². The Balaban J connectivity index is 1.78. The molecule has 1 atom stereocenters. The lowest BCUT2D eigenvalue weighted by molar-refractivity contribution is 0.511. The van der Waals surface area contributed by atoms with Crippen molar-refractivity contribution < 1.29 is 0 Å². The van der Waals surface area contributed by atoms with Gasteiger partial charge >= 0.3 is 0 Å². The lowest BCUT2D eigenvalue weighted by Crippen LogP contribution is -2.26. The molecule has 1 heterocycles. The van der Waals surface area contributed by atoms with Gasteiger partial charge in [0, 0.05) is 0 Å². The Morgan fingerprint density at radius 2 is 2.15 bits per heavy atom. The van der Waals surface area contributed by atoms with Crippen molar-refractivity contribution >= 4 is 11.8 Å². The molecule has 0 aromatic heterocycles. The lowest BCUT2D eigenvalue weighted by Gasteiger charge is -2.09. The van der Waals surface area contributed by atoms with Crippen LogP contribution in [0.3, 0.4) is 0 Å². The van der Waals surface area contributed by atoms with Crippen LogP contribution in [0, 0.1) is 5.92 Å². The van der Waals surface area contributed by atoms with Crippen molar-refractivity contribution in [2.45, 2.75) is 19.8 Å². The van der Waals surface area contributed by atoms with Crippen LogP contribution in [-0.4, -0.2) is 37.7 Å². The molecule has 13 heavy (non-hydrogen) atoms. The summed E-state index contributed by atoms with van der Waals surface area (Å²) in [6, 6.07) is 0. The summed E-state index contributed by atoms with van der Waals surface area (Å²) in [5.41, 5.74) is 0. The molecule has 0 amide bonds. The van der Waals surface area contributed by atoms with E-state index in [1.807, 2.05) is 0 Å². The van der Waals surface area contributed by atoms with Crippen LogP contribution in [0.25, 0.3) is 0 Å². The van der Waals surface area contributed by atoms with Crippen LogP contribution in [0.5, 0.6) is 0 Å². The van der Waals surface area contributed by atoms with Crippen molar-refractivity contribution in [1.82, 2.24) is 10.6 Å². The topological polar surface area (TPSA) is 24.1 Å². The Kier molecular flexibility index (Phi) is 6.68. The molecule has 0 aromatic rings. The fourth-order valence-corrected chi connectivity index (χ4v) is 2.85. The number of rotatable bonds is 7. The summed E-state index contributed by atoms with van der Waals surface area (Å²) in [6.45, 7) is 6.82. The Morgan fingerprint density at radius 1 is 1.31 bits per heavy atom. The molecule has 78 valence electrons. The van der Waals surface area contributed by atoms with Crippen LogP contribution in [0.2, 0.25) is 0 Å². The minimum atomic E-state index is 0.948. The van der Waals surface area contributed by atoms with Gasteiger partial charge in [-0.3, -0.25) is 0 Å². The number of thioether (sulfide) groups is 1. The van der Waals surface area contributed by atoms with Gasteiger partial charge in [0.2, 0.25) is 0 Å². The van der Waals surface area contributed by atoms with Crippen molar-refractivity contribution in [1.29, 1.82) is 0 Å². The van der Waals surface area contributed by atoms with Crippen molar-refractivity contribution in [3.05, 3.63) is 0 Å². The first kappa shape index (κ1) is 11.3. The molecule has 1 unspecified atom stereocenters. The largest absolute Gasteiger partial charge is 0.317 e. The summed E-state index contributed by atoms with van der Waals surface area (Å²) < 4.78 is 0. The lowest BCUT2D eigenvalue weighted by atomic mass is 10.1. The molecule has 1 rings (SSSR count). The van der Waals surface area contributed by atoms with Crippen LogP contribution in [-0.2, 0) is 0 Å². The maximum atomic E-state index is 3.53. The zero-order valence-electron chi connectivity index (χ0n) is 8.64. The highest BCUT2D eigenvalue weighted by Gasteiger charge is 2.13. The molecule has 0 aromatic carbocycles. The fraction of sp³-hybridized carbons (Fsp3) is 1.00. The molecule has 0 radical (unpaired) electrons. The highest BCUT2D eigenvalue weighted by molar-refractivity contribution is 7.99. The van der Waals surface area contributed by atoms with E-state index in [0.717, 1.165) is 19.0 Å². The Bertz CT molecular complexity index is 113. The summed E-state index contributed by atoms with van der Waals surface area (Å²) >= 11 is 2.10. The predicted octanol–water partition coefficient (Wildman–Crippen LogP) is 1.33. The average molecular weight is 202 g/mol. The van der Waals surface area contributed by atoms with E-state index < -0.39 is 0 Å². The van der Waals surface area contributed by atoms with Crippen LogP contribution in [0.4, 0.5) is 0 Å². The van der Waals surface area contributed by atoms with Crippen LogP contribution in [0.15, 0.2) is 0 Å². The van der Waals surface area contributed by atoms with Gasteiger partial charge in [-0.05, 0) is 56.4 Å². The fourth-order valence-electron chi connectivity index (χ4n) is 1.57. The molecule has 3 heteroatoms. The second kappa shape index (κ2) is 7.65. The Labute approximate surface area is 86.2 Å². The number of hydrogen-bond acceptors (Lipinski definition) is 3. The van der Waals surface area contributed by atoms with Gasteiger partial charge in [0.25, 0.3) is 0 Å². The average Bonchev–Trinajstić information content (AvgIpc) is 2.63. The van der Waals surface area contributed by atoms with E-state index in [1.54, 1.807) is 0 Å². The van der Waals surface area contributed by atoms with E-state index in [0.29, 0.717) is 0 Å². The van der Waals surface area contributed by atoms with Crippen molar-refractivity contribution in [2.75, 3.05) is 37.7 Å². The summed E-state index contributed by atoms with van der Waals surface area (Å²) in [7, 11) is 0. The summed E-state index contributed by atoms with van der Waals surface area (Å²) in [5.74, 6) is 3.70. The molecule has 0 bridgehead atoms. The van der Waals surface area contributed by atoms with Gasteiger partial charge in [-0.25, -0.2) is 0 Å². The highest BCUT2D eigenvalue weighted by atomic mass is 32.2. The molecule has 0 aliphatic carbocycles. The second-order valence-electron chi connectivity index (χ2n) is 3.64. The molecule has 2 nitrogen and oxygen atoms in total. The van der Waals surface area contributed by atoms with Gasteiger partial charge < -0.3 is 10.6 Å². The van der Waals surface area contributed by atoms with Crippen LogP contribution >= 0.6 is 11.8 Å². The van der Waals surface area contributed by atoms with Gasteiger partial charge in [0.15, 0.2) is 0 Å². The summed E-state index contributed by atoms with van der Waals surface area (Å²) in [4.78, 5) is 0. The molecular weight excluding hydrogens is 180 g/mol. The number of hydrogen-bond donors (Lipinski definition) is 2. The zero-order valence-corrected chi connectivity index (χ0v) is 9.46. The Hall–Kier alpha value is 0.270. The van der Waals surface area contributed by atoms with E-state index >= 15 is 0 Å². The normalized spacial score (nSPS) is 22.4. The molecular formula is C10H22N2S. The third-order valence-corrected chi connectivity index (χ3v) is 3.65. The summed E-state index contributed by atoms with van der Waals surface area (Å²) in [6.07, 6.45) is 2.68. The minimum Gasteiger partial charge on any atom is -0.317 e. The second-order valence-corrected chi connectivity index (χ2v) is 4.79. The van der Waals surface area contributed by atoms with Crippen LogP contribution in [0.1, 0.15) is 19.8 Å². The van der Waals surface area contributed by atoms with E-state index in [1.165, 1.54) is 37.4 Å². The van der Waals surface area contributed by atoms with Gasteiger partial charge in [0.05, 0.1) is 0 Å². The van der Waals surface area contributed by atoms with Gasteiger partial charge in [-0.2, -0.15) is 11.8 Å². The van der Waals surface area contributed by atoms with E-state index in [2.05, 4.69) is 29.3 Å². The first-order valence-corrected chi connectivity index (χ1v) is 6.58. The molecule has 1 aliphatic rings. The first-order chi connectivity index (χ1) is 6.43. The van der Waals surface area contributed by atoms with E-state index in [4.69, 9.17) is 0 Å². The quantitative estimate of drug-likeness (QED) is 0.609. The molecule has 2 N–H and O–H groups in total. The third kappa shape index (κ3) is 5.55. The number of nitrogens with one attached hydrogen (secondary N) is 2. The van der Waals surface area contributed by atoms with E-state index in [-0.39, 0.29) is 0 Å². The Morgan fingerprint density at radius 3 is 2.85 bits per heavy atom. The van der Waals surface area contributed by atoms with Crippen molar-refractivity contribution in [3.8, 4) is 0 Å². The predicted molar refractivity (Wildman–Crippen MR) is 61.5 cm³/mol. The molecule has 0 saturated carbocycles. The smallest absolute Gasteiger partial charge is 0.00123 e. The summed E-state index contributed by atoms with van der Waals surface area (Å²) in [5, 5.41) is 6.87. The minimum absolute atomic E-state index is 0.948. The van der Waals surface area contributed by atoms with Gasteiger partial charge in [-0.1, -0.05) is 6.92 Å². The standard InChI is InChI=1S/C10H22N2S/c1-2-11-5-3-6-12-8-10-4-7-13-9-10/h10-12H,2-9H2,1H3. The maximum absolute atomic E-state index is 3.53. The SMILES string of the molecule is CCNCCCNCC1CCSC1. The third-order valence-electron chi connectivity index (χ3n) is 2.41. The van der Waals surface area contributed by atoms with Crippen molar-refractivity contribution in [2.24, 2.45) is 5.92 Å². The zero-order chi connectivity index (χ0) is 9.36.